The van der Waals surface area contributed by atoms with Crippen LogP contribution in [0.15, 0.2) is 46.3 Å². The number of benzene rings is 1. The molecule has 5 nitrogen and oxygen atoms in total. The van der Waals surface area contributed by atoms with Gasteiger partial charge in [0.1, 0.15) is 0 Å². The molecule has 0 atom stereocenters. The van der Waals surface area contributed by atoms with Crippen molar-refractivity contribution in [2.24, 2.45) is 5.10 Å². The third-order valence-corrected chi connectivity index (χ3v) is 2.61. The zero-order chi connectivity index (χ0) is 13.7. The average Bonchev–Trinajstić information content (AvgIpc) is 2.39. The van der Waals surface area contributed by atoms with Crippen LogP contribution in [0.25, 0.3) is 0 Å². The highest BCUT2D eigenvalue weighted by atomic mass is 16.1. The molecule has 0 amide bonds. The number of aryl methyl sites for hydroxylation is 1. The zero-order valence-electron chi connectivity index (χ0n) is 11.0. The van der Waals surface area contributed by atoms with Crippen molar-refractivity contribution in [1.82, 2.24) is 9.97 Å². The van der Waals surface area contributed by atoms with Gasteiger partial charge >= 0.3 is 0 Å². The minimum Gasteiger partial charge on any atom is -0.291 e. The first kappa shape index (κ1) is 13.0. The molecule has 0 bridgehead atoms. The van der Waals surface area contributed by atoms with Crippen LogP contribution in [0.4, 0.5) is 5.95 Å². The lowest BCUT2D eigenvalue weighted by Gasteiger charge is -2.05. The predicted octanol–water partition coefficient (Wildman–Crippen LogP) is 2.30. The molecule has 0 saturated carbocycles. The first-order chi connectivity index (χ1) is 9.19. The molecule has 1 heterocycles. The number of hydrazone groups is 1. The Kier molecular flexibility index (Phi) is 4.07. The van der Waals surface area contributed by atoms with Gasteiger partial charge in [-0.1, -0.05) is 37.3 Å². The molecule has 0 spiro atoms. The van der Waals surface area contributed by atoms with Crippen molar-refractivity contribution in [3.63, 3.8) is 0 Å². The van der Waals surface area contributed by atoms with E-state index in [0.717, 1.165) is 17.7 Å². The third-order valence-electron chi connectivity index (χ3n) is 2.61. The normalized spacial score (nSPS) is 11.4. The van der Waals surface area contributed by atoms with Crippen LogP contribution in [0.1, 0.15) is 24.6 Å². The Hall–Kier alpha value is -2.43. The molecule has 2 rings (SSSR count). The van der Waals surface area contributed by atoms with Gasteiger partial charge in [0.2, 0.25) is 5.95 Å². The van der Waals surface area contributed by atoms with Gasteiger partial charge in [0.25, 0.3) is 5.56 Å². The molecule has 5 heteroatoms. The van der Waals surface area contributed by atoms with Crippen LogP contribution in [0.3, 0.4) is 0 Å². The highest BCUT2D eigenvalue weighted by Crippen LogP contribution is 2.05. The second-order valence-corrected chi connectivity index (χ2v) is 4.13. The molecule has 0 saturated heterocycles. The van der Waals surface area contributed by atoms with E-state index in [1.807, 2.05) is 37.3 Å². The number of rotatable bonds is 4. The van der Waals surface area contributed by atoms with Crippen molar-refractivity contribution in [3.05, 3.63) is 58.0 Å². The maximum absolute atomic E-state index is 11.3. The summed E-state index contributed by atoms with van der Waals surface area (Å²) in [6.07, 6.45) is 0.785. The summed E-state index contributed by atoms with van der Waals surface area (Å²) < 4.78 is 0. The molecule has 0 fully saturated rings. The smallest absolute Gasteiger partial charge is 0.252 e. The van der Waals surface area contributed by atoms with Gasteiger partial charge in [-0.25, -0.2) is 10.4 Å². The Bertz CT molecular complexity index is 631. The van der Waals surface area contributed by atoms with Crippen LogP contribution in [-0.2, 0) is 0 Å². The van der Waals surface area contributed by atoms with E-state index in [9.17, 15) is 4.79 Å². The van der Waals surface area contributed by atoms with Crippen LogP contribution < -0.4 is 11.0 Å². The van der Waals surface area contributed by atoms with Crippen molar-refractivity contribution in [1.29, 1.82) is 0 Å². The summed E-state index contributed by atoms with van der Waals surface area (Å²) in [5.41, 5.74) is 5.21. The number of nitrogens with zero attached hydrogens (tertiary/aromatic N) is 2. The summed E-state index contributed by atoms with van der Waals surface area (Å²) in [6.45, 7) is 3.79. The Balaban J connectivity index is 2.23. The molecule has 0 aliphatic heterocycles. The van der Waals surface area contributed by atoms with Gasteiger partial charge in [-0.3, -0.25) is 9.78 Å². The van der Waals surface area contributed by atoms with Crippen molar-refractivity contribution in [2.75, 3.05) is 5.43 Å². The molecule has 1 aromatic heterocycles. The summed E-state index contributed by atoms with van der Waals surface area (Å²) >= 11 is 0. The molecule has 0 radical (unpaired) electrons. The van der Waals surface area contributed by atoms with E-state index in [1.165, 1.54) is 6.07 Å². The molecule has 0 aliphatic rings. The first-order valence-electron chi connectivity index (χ1n) is 6.15. The van der Waals surface area contributed by atoms with Crippen molar-refractivity contribution in [3.8, 4) is 0 Å². The number of hydrogen-bond donors (Lipinski definition) is 2. The fourth-order valence-electron chi connectivity index (χ4n) is 1.73. The zero-order valence-corrected chi connectivity index (χ0v) is 11.0. The van der Waals surface area contributed by atoms with E-state index in [2.05, 4.69) is 20.5 Å². The molecule has 0 aliphatic carbocycles. The second kappa shape index (κ2) is 5.95. The molecule has 1 aromatic carbocycles. The number of H-pyrrole nitrogens is 1. The Morgan fingerprint density at radius 3 is 2.74 bits per heavy atom. The summed E-state index contributed by atoms with van der Waals surface area (Å²) in [7, 11) is 0. The lowest BCUT2D eigenvalue weighted by molar-refractivity contribution is 1.04. The van der Waals surface area contributed by atoms with Crippen LogP contribution in [0, 0.1) is 6.92 Å². The molecule has 2 aromatic rings. The van der Waals surface area contributed by atoms with Crippen LogP contribution in [-0.4, -0.2) is 15.7 Å². The van der Waals surface area contributed by atoms with E-state index in [1.54, 1.807) is 6.92 Å². The van der Waals surface area contributed by atoms with Gasteiger partial charge in [-0.15, -0.1) is 0 Å². The highest BCUT2D eigenvalue weighted by molar-refractivity contribution is 6.00. The van der Waals surface area contributed by atoms with Gasteiger partial charge in [0.15, 0.2) is 0 Å². The summed E-state index contributed by atoms with van der Waals surface area (Å²) in [4.78, 5) is 18.1. The van der Waals surface area contributed by atoms with E-state index in [4.69, 9.17) is 0 Å². The Morgan fingerprint density at radius 1 is 1.37 bits per heavy atom. The monoisotopic (exact) mass is 256 g/mol. The molecule has 98 valence electrons. The number of nitrogens with one attached hydrogen (secondary N) is 2. The number of aromatic amines is 1. The van der Waals surface area contributed by atoms with E-state index >= 15 is 0 Å². The number of aromatic nitrogens is 2. The highest BCUT2D eigenvalue weighted by Gasteiger charge is 2.01. The third kappa shape index (κ3) is 3.51. The summed E-state index contributed by atoms with van der Waals surface area (Å²) in [6, 6.07) is 11.3. The Morgan fingerprint density at radius 2 is 2.11 bits per heavy atom. The fourth-order valence-corrected chi connectivity index (χ4v) is 1.73. The lowest BCUT2D eigenvalue weighted by atomic mass is 10.1. The van der Waals surface area contributed by atoms with E-state index < -0.39 is 0 Å². The molecule has 2 N–H and O–H groups in total. The average molecular weight is 256 g/mol. The maximum Gasteiger partial charge on any atom is 0.252 e. The van der Waals surface area contributed by atoms with Gasteiger partial charge in [0, 0.05) is 11.8 Å². The van der Waals surface area contributed by atoms with Gasteiger partial charge in [-0.05, 0) is 18.9 Å². The largest absolute Gasteiger partial charge is 0.291 e. The van der Waals surface area contributed by atoms with Gasteiger partial charge < -0.3 is 0 Å². The summed E-state index contributed by atoms with van der Waals surface area (Å²) in [5.74, 6) is 0.354. The molecule has 0 unspecified atom stereocenters. The van der Waals surface area contributed by atoms with Gasteiger partial charge in [-0.2, -0.15) is 5.10 Å². The van der Waals surface area contributed by atoms with Gasteiger partial charge in [0.05, 0.1) is 5.71 Å². The Labute approximate surface area is 111 Å². The second-order valence-electron chi connectivity index (χ2n) is 4.13. The minimum absolute atomic E-state index is 0.192. The predicted molar refractivity (Wildman–Crippen MR) is 76.5 cm³/mol. The van der Waals surface area contributed by atoms with Crippen LogP contribution in [0.5, 0.6) is 0 Å². The SMILES string of the molecule is CC/C(=N/Nc1nc(C)cc(=O)[nH]1)c1ccccc1. The van der Waals surface area contributed by atoms with Crippen molar-refractivity contribution < 1.29 is 0 Å². The summed E-state index contributed by atoms with van der Waals surface area (Å²) in [5, 5.41) is 4.30. The van der Waals surface area contributed by atoms with Crippen molar-refractivity contribution >= 4 is 11.7 Å². The standard InChI is InChI=1S/C14H16N4O/c1-3-12(11-7-5-4-6-8-11)17-18-14-15-10(2)9-13(19)16-14/h4-9H,3H2,1-2H3,(H2,15,16,18,19)/b17-12-. The molecule has 19 heavy (non-hydrogen) atoms. The van der Waals surface area contributed by atoms with Crippen LogP contribution in [0.2, 0.25) is 0 Å². The van der Waals surface area contributed by atoms with Crippen molar-refractivity contribution in [2.45, 2.75) is 20.3 Å². The van der Waals surface area contributed by atoms with E-state index in [0.29, 0.717) is 11.6 Å². The first-order valence-corrected chi connectivity index (χ1v) is 6.15. The number of hydrogen-bond acceptors (Lipinski definition) is 4. The number of anilines is 1. The minimum atomic E-state index is -0.192. The fraction of sp³-hybridized carbons (Fsp3) is 0.214. The molecular weight excluding hydrogens is 240 g/mol. The lowest BCUT2D eigenvalue weighted by Crippen LogP contribution is -2.11. The quantitative estimate of drug-likeness (QED) is 0.651. The maximum atomic E-state index is 11.3. The molecular formula is C14H16N4O. The van der Waals surface area contributed by atoms with E-state index in [-0.39, 0.29) is 5.56 Å². The van der Waals surface area contributed by atoms with Crippen LogP contribution >= 0.6 is 0 Å². The topological polar surface area (TPSA) is 70.1 Å².